The molecule has 3 rings (SSSR count). The number of piperidine rings is 1. The molecule has 23 heavy (non-hydrogen) atoms. The number of ether oxygens (including phenoxy) is 1. The molecule has 0 spiro atoms. The molecule has 1 saturated heterocycles. The van der Waals surface area contributed by atoms with Crippen molar-refractivity contribution in [2.24, 2.45) is 5.92 Å². The van der Waals surface area contributed by atoms with E-state index in [9.17, 15) is 4.79 Å². The quantitative estimate of drug-likeness (QED) is 0.783. The molecule has 1 aromatic heterocycles. The summed E-state index contributed by atoms with van der Waals surface area (Å²) in [6.45, 7) is 4.46. The van der Waals surface area contributed by atoms with E-state index in [1.165, 1.54) is 6.42 Å². The summed E-state index contributed by atoms with van der Waals surface area (Å²) in [6, 6.07) is 7.70. The second-order valence-corrected chi connectivity index (χ2v) is 6.50. The van der Waals surface area contributed by atoms with Crippen LogP contribution < -0.4 is 0 Å². The highest BCUT2D eigenvalue weighted by molar-refractivity contribution is 5.97. The molecular weight excluding hydrogens is 290 g/mol. The monoisotopic (exact) mass is 315 g/mol. The molecule has 2 aromatic rings. The van der Waals surface area contributed by atoms with Crippen LogP contribution >= 0.6 is 0 Å². The largest absolute Gasteiger partial charge is 0.461 e. The first-order valence-electron chi connectivity index (χ1n) is 8.46. The molecule has 1 aliphatic heterocycles. The van der Waals surface area contributed by atoms with Crippen molar-refractivity contribution in [1.82, 2.24) is 4.90 Å². The zero-order valence-electron chi connectivity index (χ0n) is 14.0. The zero-order valence-corrected chi connectivity index (χ0v) is 14.0. The summed E-state index contributed by atoms with van der Waals surface area (Å²) in [6.07, 6.45) is 4.52. The van der Waals surface area contributed by atoms with Gasteiger partial charge in [0.2, 0.25) is 0 Å². The number of rotatable bonds is 5. The third kappa shape index (κ3) is 3.75. The van der Waals surface area contributed by atoms with Crippen molar-refractivity contribution in [3.63, 3.8) is 0 Å². The molecule has 0 bridgehead atoms. The molecule has 0 saturated carbocycles. The SMILES string of the molecule is COCCC[C@@H]1CCCN(C(=O)c2ccc3oc(C)cc3c2)C1. The number of aryl methyl sites for hydroxylation is 1. The van der Waals surface area contributed by atoms with E-state index in [4.69, 9.17) is 9.15 Å². The van der Waals surface area contributed by atoms with Gasteiger partial charge < -0.3 is 14.1 Å². The van der Waals surface area contributed by atoms with E-state index in [1.807, 2.05) is 36.1 Å². The summed E-state index contributed by atoms with van der Waals surface area (Å²) in [5.41, 5.74) is 1.60. The molecule has 0 radical (unpaired) electrons. The minimum absolute atomic E-state index is 0.141. The predicted octanol–water partition coefficient (Wildman–Crippen LogP) is 4.02. The lowest BCUT2D eigenvalue weighted by atomic mass is 9.93. The minimum atomic E-state index is 0.141. The number of furan rings is 1. The molecule has 1 aromatic carbocycles. The molecule has 0 N–H and O–H groups in total. The standard InChI is InChI=1S/C19H25NO3/c1-14-11-17-12-16(7-8-18(17)23-14)19(21)20-9-3-5-15(13-20)6-4-10-22-2/h7-8,11-12,15H,3-6,9-10,13H2,1-2H3/t15-/m0/s1. The van der Waals surface area contributed by atoms with Gasteiger partial charge in [0, 0.05) is 37.8 Å². The number of amides is 1. The summed E-state index contributed by atoms with van der Waals surface area (Å²) in [4.78, 5) is 14.8. The van der Waals surface area contributed by atoms with Crippen LogP contribution in [0.1, 0.15) is 41.8 Å². The van der Waals surface area contributed by atoms with Crippen molar-refractivity contribution < 1.29 is 13.9 Å². The van der Waals surface area contributed by atoms with Crippen LogP contribution in [0.2, 0.25) is 0 Å². The van der Waals surface area contributed by atoms with Crippen LogP contribution in [-0.4, -0.2) is 37.6 Å². The van der Waals surface area contributed by atoms with Crippen LogP contribution in [0.15, 0.2) is 28.7 Å². The van der Waals surface area contributed by atoms with Gasteiger partial charge in [-0.25, -0.2) is 0 Å². The number of nitrogens with zero attached hydrogens (tertiary/aromatic N) is 1. The molecule has 124 valence electrons. The van der Waals surface area contributed by atoms with Gasteiger partial charge in [0.15, 0.2) is 0 Å². The molecule has 0 unspecified atom stereocenters. The number of fused-ring (bicyclic) bond motifs is 1. The first-order valence-corrected chi connectivity index (χ1v) is 8.46. The van der Waals surface area contributed by atoms with E-state index in [-0.39, 0.29) is 5.91 Å². The van der Waals surface area contributed by atoms with Gasteiger partial charge in [-0.3, -0.25) is 4.79 Å². The fourth-order valence-corrected chi connectivity index (χ4v) is 3.49. The Labute approximate surface area is 137 Å². The maximum absolute atomic E-state index is 12.8. The van der Waals surface area contributed by atoms with Crippen molar-refractivity contribution in [2.45, 2.75) is 32.6 Å². The Balaban J connectivity index is 1.68. The lowest BCUT2D eigenvalue weighted by Crippen LogP contribution is -2.40. The summed E-state index contributed by atoms with van der Waals surface area (Å²) in [5.74, 6) is 1.62. The van der Waals surface area contributed by atoms with Gasteiger partial charge in [-0.1, -0.05) is 0 Å². The van der Waals surface area contributed by atoms with Gasteiger partial charge in [-0.15, -0.1) is 0 Å². The third-order valence-corrected chi connectivity index (χ3v) is 4.65. The van der Waals surface area contributed by atoms with E-state index in [2.05, 4.69) is 0 Å². The van der Waals surface area contributed by atoms with Crippen molar-refractivity contribution in [3.05, 3.63) is 35.6 Å². The van der Waals surface area contributed by atoms with E-state index < -0.39 is 0 Å². The van der Waals surface area contributed by atoms with Gasteiger partial charge >= 0.3 is 0 Å². The number of benzene rings is 1. The van der Waals surface area contributed by atoms with E-state index in [1.54, 1.807) is 7.11 Å². The van der Waals surface area contributed by atoms with Gasteiger partial charge in [-0.05, 0) is 62.8 Å². The maximum atomic E-state index is 12.8. The fraction of sp³-hybridized carbons (Fsp3) is 0.526. The minimum Gasteiger partial charge on any atom is -0.461 e. The van der Waals surface area contributed by atoms with Crippen molar-refractivity contribution >= 4 is 16.9 Å². The Morgan fingerprint density at radius 2 is 2.26 bits per heavy atom. The van der Waals surface area contributed by atoms with Crippen molar-refractivity contribution in [2.75, 3.05) is 26.8 Å². The van der Waals surface area contributed by atoms with Crippen molar-refractivity contribution in [1.29, 1.82) is 0 Å². The predicted molar refractivity (Wildman–Crippen MR) is 90.7 cm³/mol. The summed E-state index contributed by atoms with van der Waals surface area (Å²) in [7, 11) is 1.74. The maximum Gasteiger partial charge on any atom is 0.253 e. The molecular formula is C19H25NO3. The highest BCUT2D eigenvalue weighted by atomic mass is 16.5. The lowest BCUT2D eigenvalue weighted by molar-refractivity contribution is 0.0660. The van der Waals surface area contributed by atoms with Crippen LogP contribution in [0.3, 0.4) is 0 Å². The molecule has 1 atom stereocenters. The Morgan fingerprint density at radius 3 is 3.09 bits per heavy atom. The second-order valence-electron chi connectivity index (χ2n) is 6.50. The smallest absolute Gasteiger partial charge is 0.253 e. The fourth-order valence-electron chi connectivity index (χ4n) is 3.49. The number of hydrogen-bond acceptors (Lipinski definition) is 3. The molecule has 1 fully saturated rings. The number of carbonyl (C=O) groups is 1. The molecule has 1 amide bonds. The number of methoxy groups -OCH3 is 1. The average Bonchev–Trinajstić information content (AvgIpc) is 2.94. The van der Waals surface area contributed by atoms with Gasteiger partial charge in [0.1, 0.15) is 11.3 Å². The summed E-state index contributed by atoms with van der Waals surface area (Å²) < 4.78 is 10.7. The molecule has 4 nitrogen and oxygen atoms in total. The Kier molecular flexibility index (Phi) is 5.01. The lowest BCUT2D eigenvalue weighted by Gasteiger charge is -2.33. The first-order chi connectivity index (χ1) is 11.2. The second kappa shape index (κ2) is 7.18. The van der Waals surface area contributed by atoms with Crippen LogP contribution in [-0.2, 0) is 4.74 Å². The molecule has 0 aliphatic carbocycles. The highest BCUT2D eigenvalue weighted by Gasteiger charge is 2.24. The normalized spacial score (nSPS) is 18.5. The summed E-state index contributed by atoms with van der Waals surface area (Å²) >= 11 is 0. The number of hydrogen-bond donors (Lipinski definition) is 0. The Hall–Kier alpha value is -1.81. The topological polar surface area (TPSA) is 42.7 Å². The Morgan fingerprint density at radius 1 is 1.39 bits per heavy atom. The van der Waals surface area contributed by atoms with E-state index in [0.29, 0.717) is 5.92 Å². The molecule has 2 heterocycles. The van der Waals surface area contributed by atoms with Crippen LogP contribution in [0.4, 0.5) is 0 Å². The van der Waals surface area contributed by atoms with Gasteiger partial charge in [0.25, 0.3) is 5.91 Å². The van der Waals surface area contributed by atoms with E-state index in [0.717, 1.165) is 61.3 Å². The van der Waals surface area contributed by atoms with Crippen LogP contribution in [0, 0.1) is 12.8 Å². The Bertz CT molecular complexity index is 676. The molecule has 4 heteroatoms. The zero-order chi connectivity index (χ0) is 16.2. The van der Waals surface area contributed by atoms with Crippen LogP contribution in [0.25, 0.3) is 11.0 Å². The highest BCUT2D eigenvalue weighted by Crippen LogP contribution is 2.25. The number of carbonyl (C=O) groups excluding carboxylic acids is 1. The van der Waals surface area contributed by atoms with Crippen LogP contribution in [0.5, 0.6) is 0 Å². The van der Waals surface area contributed by atoms with Gasteiger partial charge in [0.05, 0.1) is 0 Å². The van der Waals surface area contributed by atoms with E-state index >= 15 is 0 Å². The van der Waals surface area contributed by atoms with Gasteiger partial charge in [-0.2, -0.15) is 0 Å². The third-order valence-electron chi connectivity index (χ3n) is 4.65. The van der Waals surface area contributed by atoms with Crippen molar-refractivity contribution in [3.8, 4) is 0 Å². The summed E-state index contributed by atoms with van der Waals surface area (Å²) in [5, 5.41) is 1.00. The first kappa shape index (κ1) is 16.1. The average molecular weight is 315 g/mol. The molecule has 1 aliphatic rings. The number of likely N-dealkylation sites (tertiary alicyclic amines) is 1.